The van der Waals surface area contributed by atoms with E-state index in [0.717, 1.165) is 24.2 Å². The highest BCUT2D eigenvalue weighted by atomic mass is 16.5. The molecule has 1 aromatic carbocycles. The minimum absolute atomic E-state index is 0.0496. The summed E-state index contributed by atoms with van der Waals surface area (Å²) in [6.07, 6.45) is 2.69. The van der Waals surface area contributed by atoms with Crippen LogP contribution in [0, 0.1) is 0 Å². The summed E-state index contributed by atoms with van der Waals surface area (Å²) in [4.78, 5) is 4.47. The first-order valence-electron chi connectivity index (χ1n) is 6.42. The minimum Gasteiger partial charge on any atom is -0.496 e. The summed E-state index contributed by atoms with van der Waals surface area (Å²) >= 11 is 0. The van der Waals surface area contributed by atoms with Crippen LogP contribution in [0.4, 0.5) is 0 Å². The summed E-state index contributed by atoms with van der Waals surface area (Å²) in [6, 6.07) is 7.85. The van der Waals surface area contributed by atoms with Crippen LogP contribution in [0.25, 0.3) is 0 Å². The van der Waals surface area contributed by atoms with E-state index in [9.17, 15) is 0 Å². The predicted octanol–water partition coefficient (Wildman–Crippen LogP) is 1.66. The van der Waals surface area contributed by atoms with E-state index in [0.29, 0.717) is 24.7 Å². The Hall–Kier alpha value is -1.88. The van der Waals surface area contributed by atoms with E-state index in [-0.39, 0.29) is 5.41 Å². The molecule has 2 aromatic rings. The van der Waals surface area contributed by atoms with Gasteiger partial charge in [-0.15, -0.1) is 0 Å². The first-order valence-corrected chi connectivity index (χ1v) is 6.42. The maximum Gasteiger partial charge on any atom is 0.234 e. The van der Waals surface area contributed by atoms with Crippen molar-refractivity contribution in [3.8, 4) is 5.75 Å². The molecule has 0 aliphatic heterocycles. The fourth-order valence-electron chi connectivity index (χ4n) is 2.22. The Morgan fingerprint density at radius 2 is 2.16 bits per heavy atom. The van der Waals surface area contributed by atoms with Crippen molar-refractivity contribution in [1.82, 2.24) is 10.1 Å². The van der Waals surface area contributed by atoms with E-state index in [1.54, 1.807) is 7.11 Å². The summed E-state index contributed by atoms with van der Waals surface area (Å²) in [7, 11) is 1.66. The molecule has 0 saturated heterocycles. The lowest BCUT2D eigenvalue weighted by molar-refractivity contribution is 0.343. The maximum absolute atomic E-state index is 5.76. The molecular formula is C14H17N3O2. The Bertz CT molecular complexity index is 576. The monoisotopic (exact) mass is 259 g/mol. The van der Waals surface area contributed by atoms with Gasteiger partial charge < -0.3 is 15.0 Å². The predicted molar refractivity (Wildman–Crippen MR) is 70.1 cm³/mol. The van der Waals surface area contributed by atoms with Gasteiger partial charge in [0.15, 0.2) is 5.82 Å². The van der Waals surface area contributed by atoms with Crippen LogP contribution in [0.2, 0.25) is 0 Å². The standard InChI is InChI=1S/C14H17N3O2/c1-18-11-5-3-2-4-10(11)8-12-16-13(19-17-12)14(9-15)6-7-14/h2-5H,6-9,15H2,1H3. The Kier molecular flexibility index (Phi) is 2.98. The van der Waals surface area contributed by atoms with Crippen LogP contribution in [-0.4, -0.2) is 23.8 Å². The summed E-state index contributed by atoms with van der Waals surface area (Å²) in [5, 5.41) is 4.04. The van der Waals surface area contributed by atoms with Gasteiger partial charge in [0.1, 0.15) is 5.75 Å². The van der Waals surface area contributed by atoms with E-state index >= 15 is 0 Å². The molecule has 19 heavy (non-hydrogen) atoms. The zero-order valence-corrected chi connectivity index (χ0v) is 10.9. The van der Waals surface area contributed by atoms with Gasteiger partial charge in [0.25, 0.3) is 0 Å². The second kappa shape index (κ2) is 4.66. The highest BCUT2D eigenvalue weighted by Crippen LogP contribution is 2.46. The quantitative estimate of drug-likeness (QED) is 0.884. The van der Waals surface area contributed by atoms with Crippen LogP contribution in [0.15, 0.2) is 28.8 Å². The fraction of sp³-hybridized carbons (Fsp3) is 0.429. The fourth-order valence-corrected chi connectivity index (χ4v) is 2.22. The average Bonchev–Trinajstić information content (AvgIpc) is 3.12. The minimum atomic E-state index is -0.0496. The van der Waals surface area contributed by atoms with Gasteiger partial charge in [0.2, 0.25) is 5.89 Å². The molecule has 1 heterocycles. The molecule has 1 aromatic heterocycles. The highest BCUT2D eigenvalue weighted by molar-refractivity contribution is 5.35. The Morgan fingerprint density at radius 3 is 2.84 bits per heavy atom. The third-order valence-electron chi connectivity index (χ3n) is 3.71. The van der Waals surface area contributed by atoms with Crippen molar-refractivity contribution in [2.75, 3.05) is 13.7 Å². The Labute approximate surface area is 111 Å². The summed E-state index contributed by atoms with van der Waals surface area (Å²) in [5.74, 6) is 2.20. The first kappa shape index (κ1) is 12.2. The molecule has 0 unspecified atom stereocenters. The first-order chi connectivity index (χ1) is 9.27. The van der Waals surface area contributed by atoms with Gasteiger partial charge in [0.05, 0.1) is 12.5 Å². The normalized spacial score (nSPS) is 16.3. The number of nitrogens with zero attached hydrogens (tertiary/aromatic N) is 2. The van der Waals surface area contributed by atoms with Gasteiger partial charge >= 0.3 is 0 Å². The van der Waals surface area contributed by atoms with Crippen LogP contribution in [0.5, 0.6) is 5.75 Å². The number of benzene rings is 1. The van der Waals surface area contributed by atoms with Crippen LogP contribution in [0.1, 0.15) is 30.1 Å². The maximum atomic E-state index is 5.76. The Morgan fingerprint density at radius 1 is 1.37 bits per heavy atom. The highest BCUT2D eigenvalue weighted by Gasteiger charge is 2.48. The van der Waals surface area contributed by atoms with E-state index < -0.39 is 0 Å². The molecule has 100 valence electrons. The largest absolute Gasteiger partial charge is 0.496 e. The molecule has 1 saturated carbocycles. The van der Waals surface area contributed by atoms with Crippen molar-refractivity contribution in [1.29, 1.82) is 0 Å². The number of methoxy groups -OCH3 is 1. The molecule has 1 fully saturated rings. The topological polar surface area (TPSA) is 74.2 Å². The molecule has 5 heteroatoms. The molecule has 0 spiro atoms. The van der Waals surface area contributed by atoms with Crippen molar-refractivity contribution in [2.24, 2.45) is 5.73 Å². The number of rotatable bonds is 5. The average molecular weight is 259 g/mol. The SMILES string of the molecule is COc1ccccc1Cc1noc(C2(CN)CC2)n1. The van der Waals surface area contributed by atoms with Gasteiger partial charge in [-0.3, -0.25) is 0 Å². The van der Waals surface area contributed by atoms with Gasteiger partial charge in [-0.2, -0.15) is 4.98 Å². The molecule has 1 aliphatic carbocycles. The molecule has 0 bridgehead atoms. The van der Waals surface area contributed by atoms with Gasteiger partial charge in [-0.1, -0.05) is 23.4 Å². The lowest BCUT2D eigenvalue weighted by atomic mass is 10.1. The molecule has 2 N–H and O–H groups in total. The van der Waals surface area contributed by atoms with E-state index in [2.05, 4.69) is 10.1 Å². The van der Waals surface area contributed by atoms with Gasteiger partial charge in [0, 0.05) is 18.5 Å². The number of hydrogen-bond donors (Lipinski definition) is 1. The van der Waals surface area contributed by atoms with Crippen LogP contribution >= 0.6 is 0 Å². The van der Waals surface area contributed by atoms with Crippen molar-refractivity contribution in [2.45, 2.75) is 24.7 Å². The van der Waals surface area contributed by atoms with E-state index in [1.165, 1.54) is 0 Å². The second-order valence-electron chi connectivity index (χ2n) is 4.99. The number of para-hydroxylation sites is 1. The van der Waals surface area contributed by atoms with Crippen molar-refractivity contribution in [3.05, 3.63) is 41.5 Å². The van der Waals surface area contributed by atoms with Crippen molar-refractivity contribution in [3.63, 3.8) is 0 Å². The number of hydrogen-bond acceptors (Lipinski definition) is 5. The third kappa shape index (κ3) is 2.21. The number of aromatic nitrogens is 2. The van der Waals surface area contributed by atoms with Gasteiger partial charge in [-0.05, 0) is 18.9 Å². The lowest BCUT2D eigenvalue weighted by Crippen LogP contribution is -2.20. The Balaban J connectivity index is 1.81. The zero-order valence-electron chi connectivity index (χ0n) is 10.9. The third-order valence-corrected chi connectivity index (χ3v) is 3.71. The van der Waals surface area contributed by atoms with Crippen LogP contribution < -0.4 is 10.5 Å². The molecule has 1 aliphatic rings. The zero-order chi connectivity index (χ0) is 13.3. The number of nitrogens with two attached hydrogens (primary N) is 1. The summed E-state index contributed by atoms with van der Waals surface area (Å²) in [6.45, 7) is 0.573. The second-order valence-corrected chi connectivity index (χ2v) is 4.99. The molecule has 0 atom stereocenters. The lowest BCUT2D eigenvalue weighted by Gasteiger charge is -2.05. The molecule has 0 amide bonds. The van der Waals surface area contributed by atoms with E-state index in [1.807, 2.05) is 24.3 Å². The molecular weight excluding hydrogens is 242 g/mol. The van der Waals surface area contributed by atoms with Gasteiger partial charge in [-0.25, -0.2) is 0 Å². The molecule has 0 radical (unpaired) electrons. The summed E-state index contributed by atoms with van der Waals surface area (Å²) < 4.78 is 10.7. The van der Waals surface area contributed by atoms with Crippen LogP contribution in [-0.2, 0) is 11.8 Å². The molecule has 5 nitrogen and oxygen atoms in total. The number of ether oxygens (including phenoxy) is 1. The molecule has 3 rings (SSSR count). The van der Waals surface area contributed by atoms with Crippen molar-refractivity contribution >= 4 is 0 Å². The smallest absolute Gasteiger partial charge is 0.234 e. The van der Waals surface area contributed by atoms with Crippen molar-refractivity contribution < 1.29 is 9.26 Å². The van der Waals surface area contributed by atoms with E-state index in [4.69, 9.17) is 15.0 Å². The summed E-state index contributed by atoms with van der Waals surface area (Å²) in [5.41, 5.74) is 6.76. The van der Waals surface area contributed by atoms with Crippen LogP contribution in [0.3, 0.4) is 0 Å².